The molecule has 0 aliphatic carbocycles. The van der Waals surface area contributed by atoms with Crippen LogP contribution in [0.1, 0.15) is 10.5 Å². The number of hydrogen-bond donors (Lipinski definition) is 2. The Balaban J connectivity index is 2.58. The third-order valence-electron chi connectivity index (χ3n) is 1.77. The summed E-state index contributed by atoms with van der Waals surface area (Å²) in [6.07, 6.45) is 1.70. The Hall–Kier alpha value is -2.11. The maximum atomic E-state index is 10.8. The van der Waals surface area contributed by atoms with Crippen molar-refractivity contribution in [2.75, 3.05) is 0 Å². The third-order valence-corrected chi connectivity index (χ3v) is 1.77. The Bertz CT molecular complexity index is 458. The van der Waals surface area contributed by atoms with Gasteiger partial charge in [0.15, 0.2) is 5.69 Å². The molecule has 72 valence electrons. The zero-order chi connectivity index (χ0) is 10.1. The highest BCUT2D eigenvalue weighted by Gasteiger charge is 2.18. The lowest BCUT2D eigenvalue weighted by atomic mass is 10.2. The minimum absolute atomic E-state index is 0.0463. The molecule has 2 N–H and O–H groups in total. The molecule has 6 heteroatoms. The summed E-state index contributed by atoms with van der Waals surface area (Å²) in [6, 6.07) is 3.52. The second-order valence-corrected chi connectivity index (χ2v) is 2.78. The number of hydrogen-bond acceptors (Lipinski definition) is 3. The largest absolute Gasteiger partial charge is 0.476 e. The molecule has 0 aliphatic rings. The number of aryl methyl sites for hydroxylation is 1. The number of rotatable bonds is 2. The number of aromatic nitrogens is 4. The van der Waals surface area contributed by atoms with Gasteiger partial charge in [0.25, 0.3) is 0 Å². The topological polar surface area (TPSA) is 83.8 Å². The van der Waals surface area contributed by atoms with Crippen molar-refractivity contribution < 1.29 is 9.90 Å². The molecule has 0 aliphatic heterocycles. The van der Waals surface area contributed by atoms with Gasteiger partial charge in [-0.1, -0.05) is 0 Å². The molecule has 0 atom stereocenters. The van der Waals surface area contributed by atoms with Crippen LogP contribution in [0.25, 0.3) is 11.4 Å². The van der Waals surface area contributed by atoms with Gasteiger partial charge in [0, 0.05) is 13.2 Å². The second-order valence-electron chi connectivity index (χ2n) is 2.78. The minimum Gasteiger partial charge on any atom is -0.476 e. The van der Waals surface area contributed by atoms with Crippen molar-refractivity contribution in [2.24, 2.45) is 7.05 Å². The predicted octanol–water partition coefficient (Wildman–Crippen LogP) is 0.508. The van der Waals surface area contributed by atoms with Crippen molar-refractivity contribution in [3.05, 3.63) is 24.0 Å². The van der Waals surface area contributed by atoms with E-state index >= 15 is 0 Å². The molecule has 0 fully saturated rings. The van der Waals surface area contributed by atoms with Gasteiger partial charge < -0.3 is 10.1 Å². The van der Waals surface area contributed by atoms with Crippen LogP contribution in [0.5, 0.6) is 0 Å². The molecule has 6 nitrogen and oxygen atoms in total. The number of carboxylic acids is 1. The first-order chi connectivity index (χ1) is 6.68. The van der Waals surface area contributed by atoms with E-state index in [0.29, 0.717) is 11.4 Å². The van der Waals surface area contributed by atoms with E-state index in [9.17, 15) is 4.79 Å². The molecule has 2 aromatic heterocycles. The fraction of sp³-hybridized carbons (Fsp3) is 0.125. The van der Waals surface area contributed by atoms with Crippen molar-refractivity contribution in [1.29, 1.82) is 0 Å². The molecular weight excluding hydrogens is 184 g/mol. The summed E-state index contributed by atoms with van der Waals surface area (Å²) in [5, 5.41) is 16.6. The number of nitrogens with zero attached hydrogens (tertiary/aromatic N) is 3. The lowest BCUT2D eigenvalue weighted by molar-refractivity contribution is 0.0690. The van der Waals surface area contributed by atoms with Crippen molar-refractivity contribution >= 4 is 5.97 Å². The first kappa shape index (κ1) is 8.49. The SMILES string of the molecule is Cn1nc(C(=O)O)c(-c2ccc[nH]2)n1. The van der Waals surface area contributed by atoms with Gasteiger partial charge in [-0.15, -0.1) is 5.10 Å². The van der Waals surface area contributed by atoms with Gasteiger partial charge in [-0.25, -0.2) is 4.79 Å². The van der Waals surface area contributed by atoms with E-state index < -0.39 is 5.97 Å². The average molecular weight is 192 g/mol. The summed E-state index contributed by atoms with van der Waals surface area (Å²) in [5.74, 6) is -1.08. The third kappa shape index (κ3) is 1.26. The number of carboxylic acid groups (broad SMARTS) is 1. The van der Waals surface area contributed by atoms with Gasteiger partial charge in [-0.2, -0.15) is 9.90 Å². The highest BCUT2D eigenvalue weighted by molar-refractivity contribution is 5.91. The maximum Gasteiger partial charge on any atom is 0.358 e. The molecule has 2 rings (SSSR count). The van der Waals surface area contributed by atoms with Crippen LogP contribution in [0, 0.1) is 0 Å². The van der Waals surface area contributed by atoms with Crippen LogP contribution in [-0.4, -0.2) is 31.1 Å². The van der Waals surface area contributed by atoms with Crippen molar-refractivity contribution in [3.8, 4) is 11.4 Å². The van der Waals surface area contributed by atoms with Crippen LogP contribution in [0.2, 0.25) is 0 Å². The molecule has 2 heterocycles. The Morgan fingerprint density at radius 2 is 2.36 bits per heavy atom. The normalized spacial score (nSPS) is 10.4. The van der Waals surface area contributed by atoms with Crippen LogP contribution in [0.4, 0.5) is 0 Å². The molecule has 0 radical (unpaired) electrons. The average Bonchev–Trinajstić information content (AvgIpc) is 2.70. The van der Waals surface area contributed by atoms with Gasteiger partial charge in [-0.3, -0.25) is 0 Å². The smallest absolute Gasteiger partial charge is 0.358 e. The van der Waals surface area contributed by atoms with Crippen LogP contribution in [0.15, 0.2) is 18.3 Å². The van der Waals surface area contributed by atoms with E-state index in [1.165, 1.54) is 4.80 Å². The highest BCUT2D eigenvalue weighted by Crippen LogP contribution is 2.17. The molecule has 0 aromatic carbocycles. The summed E-state index contributed by atoms with van der Waals surface area (Å²) in [5.41, 5.74) is 0.954. The second kappa shape index (κ2) is 2.99. The highest BCUT2D eigenvalue weighted by atomic mass is 16.4. The molecule has 2 aromatic rings. The van der Waals surface area contributed by atoms with Gasteiger partial charge >= 0.3 is 5.97 Å². The summed E-state index contributed by atoms with van der Waals surface area (Å²) in [4.78, 5) is 14.9. The predicted molar refractivity (Wildman–Crippen MR) is 47.7 cm³/mol. The van der Waals surface area contributed by atoms with E-state index in [1.807, 2.05) is 0 Å². The van der Waals surface area contributed by atoms with Gasteiger partial charge in [0.1, 0.15) is 5.69 Å². The molecule has 0 unspecified atom stereocenters. The number of nitrogens with one attached hydrogen (secondary N) is 1. The molecule has 0 saturated carbocycles. The Kier molecular flexibility index (Phi) is 1.81. The van der Waals surface area contributed by atoms with Crippen LogP contribution < -0.4 is 0 Å². The monoisotopic (exact) mass is 192 g/mol. The Labute approximate surface area is 79.2 Å². The zero-order valence-electron chi connectivity index (χ0n) is 7.43. The van der Waals surface area contributed by atoms with Gasteiger partial charge in [0.05, 0.1) is 5.69 Å². The van der Waals surface area contributed by atoms with E-state index in [2.05, 4.69) is 15.2 Å². The number of aromatic amines is 1. The number of H-pyrrole nitrogens is 1. The number of carbonyl (C=O) groups is 1. The zero-order valence-corrected chi connectivity index (χ0v) is 7.43. The standard InChI is InChI=1S/C8H8N4O2/c1-12-10-6(5-3-2-4-9-5)7(11-12)8(13)14/h2-4,9H,1H3,(H,13,14). The lowest BCUT2D eigenvalue weighted by Crippen LogP contribution is -2.00. The molecule has 0 spiro atoms. The van der Waals surface area contributed by atoms with E-state index in [0.717, 1.165) is 0 Å². The summed E-state index contributed by atoms with van der Waals surface area (Å²) in [6.45, 7) is 0. The Morgan fingerprint density at radius 1 is 1.57 bits per heavy atom. The molecule has 0 saturated heterocycles. The molecule has 0 amide bonds. The van der Waals surface area contributed by atoms with Crippen LogP contribution in [-0.2, 0) is 7.05 Å². The van der Waals surface area contributed by atoms with Crippen LogP contribution in [0.3, 0.4) is 0 Å². The van der Waals surface area contributed by atoms with Gasteiger partial charge in [-0.05, 0) is 12.1 Å². The van der Waals surface area contributed by atoms with Gasteiger partial charge in [0.2, 0.25) is 0 Å². The summed E-state index contributed by atoms with van der Waals surface area (Å²) >= 11 is 0. The fourth-order valence-electron chi connectivity index (χ4n) is 1.21. The fourth-order valence-corrected chi connectivity index (χ4v) is 1.21. The quantitative estimate of drug-likeness (QED) is 0.726. The lowest BCUT2D eigenvalue weighted by Gasteiger charge is -1.91. The van der Waals surface area contributed by atoms with Crippen LogP contribution >= 0.6 is 0 Å². The van der Waals surface area contributed by atoms with E-state index in [4.69, 9.17) is 5.11 Å². The van der Waals surface area contributed by atoms with Crippen molar-refractivity contribution in [2.45, 2.75) is 0 Å². The van der Waals surface area contributed by atoms with Crippen molar-refractivity contribution in [1.82, 2.24) is 20.0 Å². The maximum absolute atomic E-state index is 10.8. The first-order valence-corrected chi connectivity index (χ1v) is 3.97. The summed E-state index contributed by atoms with van der Waals surface area (Å²) in [7, 11) is 1.58. The minimum atomic E-state index is -1.08. The van der Waals surface area contributed by atoms with Crippen molar-refractivity contribution in [3.63, 3.8) is 0 Å². The van der Waals surface area contributed by atoms with E-state index in [1.54, 1.807) is 25.4 Å². The number of aromatic carboxylic acids is 1. The molecule has 0 bridgehead atoms. The molecule has 14 heavy (non-hydrogen) atoms. The Morgan fingerprint density at radius 3 is 2.93 bits per heavy atom. The first-order valence-electron chi connectivity index (χ1n) is 3.97. The molecular formula is C8H8N4O2. The van der Waals surface area contributed by atoms with E-state index in [-0.39, 0.29) is 5.69 Å². The summed E-state index contributed by atoms with van der Waals surface area (Å²) < 4.78 is 0.